The molecule has 1 aliphatic heterocycles. The molecule has 1 aromatic heterocycles. The fourth-order valence-corrected chi connectivity index (χ4v) is 7.84. The molecule has 3 N–H and O–H groups in total. The van der Waals surface area contributed by atoms with E-state index in [-0.39, 0.29) is 25.3 Å². The minimum absolute atomic E-state index is 0.0189. The topological polar surface area (TPSA) is 192 Å². The van der Waals surface area contributed by atoms with Crippen molar-refractivity contribution in [2.75, 3.05) is 13.7 Å². The van der Waals surface area contributed by atoms with Crippen molar-refractivity contribution in [1.82, 2.24) is 25.2 Å². The second-order valence-electron chi connectivity index (χ2n) is 16.7. The van der Waals surface area contributed by atoms with Gasteiger partial charge < -0.3 is 29.7 Å². The quantitative estimate of drug-likeness (QED) is 0.266. The van der Waals surface area contributed by atoms with Crippen molar-refractivity contribution in [2.24, 2.45) is 11.3 Å². The van der Waals surface area contributed by atoms with Crippen LogP contribution in [0.3, 0.4) is 0 Å². The molecule has 2 saturated carbocycles. The van der Waals surface area contributed by atoms with E-state index in [1.807, 2.05) is 29.8 Å². The zero-order valence-corrected chi connectivity index (χ0v) is 32.8. The molecule has 5 atom stereocenters. The smallest absolute Gasteiger partial charge is 0.408 e. The van der Waals surface area contributed by atoms with E-state index in [2.05, 4.69) is 15.6 Å². The molecule has 2 heterocycles. The summed E-state index contributed by atoms with van der Waals surface area (Å²) in [5.41, 5.74) is -4.05. The highest BCUT2D eigenvalue weighted by Gasteiger charge is 2.62. The highest BCUT2D eigenvalue weighted by Crippen LogP contribution is 2.48. The van der Waals surface area contributed by atoms with Gasteiger partial charge in [0.05, 0.1) is 19.3 Å². The lowest BCUT2D eigenvalue weighted by Crippen LogP contribution is -2.60. The Morgan fingerprint density at radius 3 is 2.38 bits per heavy atom. The first kappa shape index (κ1) is 40.0. The normalized spacial score (nSPS) is 24.2. The summed E-state index contributed by atoms with van der Waals surface area (Å²) < 4.78 is 50.1. The van der Waals surface area contributed by atoms with Crippen molar-refractivity contribution in [1.29, 1.82) is 0 Å². The number of ether oxygens (including phenoxy) is 3. The van der Waals surface area contributed by atoms with Crippen molar-refractivity contribution in [2.45, 2.75) is 129 Å². The SMILES string of the molecule is CCC[C@@H]1C[C@]1(NC(=O)C1C[C@@H](Oc2nccc3cc(OC)ccc23)CN1C(=O)[C@@H](NC(=O)OC(C)(C)C)C(C)(C)C)C(=O)NS(=O)(=O)OC1(C)CC1. The Labute approximate surface area is 311 Å². The second kappa shape index (κ2) is 14.6. The van der Waals surface area contributed by atoms with Crippen LogP contribution in [0.25, 0.3) is 10.8 Å². The first-order valence-electron chi connectivity index (χ1n) is 18.1. The van der Waals surface area contributed by atoms with Crippen molar-refractivity contribution in [3.05, 3.63) is 30.5 Å². The highest BCUT2D eigenvalue weighted by atomic mass is 32.2. The number of alkyl carbamates (subject to hydrolysis) is 1. The van der Waals surface area contributed by atoms with Crippen LogP contribution in [0.15, 0.2) is 30.5 Å². The molecule has 0 radical (unpaired) electrons. The van der Waals surface area contributed by atoms with Crippen molar-refractivity contribution in [3.63, 3.8) is 0 Å². The van der Waals surface area contributed by atoms with E-state index in [0.29, 0.717) is 42.7 Å². The fraction of sp³-hybridized carbons (Fsp3) is 0.649. The van der Waals surface area contributed by atoms with Crippen LogP contribution in [-0.2, 0) is 33.6 Å². The lowest BCUT2D eigenvalue weighted by Gasteiger charge is -2.36. The summed E-state index contributed by atoms with van der Waals surface area (Å²) in [5.74, 6) is -1.52. The zero-order valence-electron chi connectivity index (χ0n) is 32.0. The van der Waals surface area contributed by atoms with E-state index in [1.165, 1.54) is 4.90 Å². The average molecular weight is 760 g/mol. The van der Waals surface area contributed by atoms with E-state index in [0.717, 1.165) is 5.39 Å². The summed E-state index contributed by atoms with van der Waals surface area (Å²) in [5, 5.41) is 7.05. The van der Waals surface area contributed by atoms with Gasteiger partial charge in [-0.2, -0.15) is 8.42 Å². The zero-order chi connectivity index (χ0) is 39.1. The molecular formula is C37H53N5O10S. The number of likely N-dealkylation sites (tertiary alicyclic amines) is 1. The third kappa shape index (κ3) is 9.50. The van der Waals surface area contributed by atoms with Crippen LogP contribution in [0, 0.1) is 11.3 Å². The molecule has 3 fully saturated rings. The number of fused-ring (bicyclic) bond motifs is 1. The first-order chi connectivity index (χ1) is 24.6. The second-order valence-corrected chi connectivity index (χ2v) is 18.0. The Balaban J connectivity index is 1.44. The molecule has 15 nitrogen and oxygen atoms in total. The van der Waals surface area contributed by atoms with Crippen LogP contribution in [0.1, 0.15) is 93.9 Å². The number of hydrogen-bond donors (Lipinski definition) is 3. The van der Waals surface area contributed by atoms with E-state index in [9.17, 15) is 27.6 Å². The van der Waals surface area contributed by atoms with Gasteiger partial charge in [-0.1, -0.05) is 34.1 Å². The number of carbonyl (C=O) groups excluding carboxylic acids is 4. The van der Waals surface area contributed by atoms with E-state index >= 15 is 0 Å². The molecule has 1 saturated heterocycles. The largest absolute Gasteiger partial charge is 0.497 e. The number of aromatic nitrogens is 1. The maximum Gasteiger partial charge on any atom is 0.408 e. The average Bonchev–Trinajstić information content (AvgIpc) is 3.89. The van der Waals surface area contributed by atoms with Crippen LogP contribution in [0.5, 0.6) is 11.6 Å². The van der Waals surface area contributed by atoms with Crippen LogP contribution in [0.4, 0.5) is 4.79 Å². The van der Waals surface area contributed by atoms with Gasteiger partial charge in [0.2, 0.25) is 17.7 Å². The van der Waals surface area contributed by atoms with E-state index < -0.39 is 74.5 Å². The summed E-state index contributed by atoms with van der Waals surface area (Å²) in [6, 6.07) is 4.96. The van der Waals surface area contributed by atoms with Crippen LogP contribution in [0.2, 0.25) is 0 Å². The Morgan fingerprint density at radius 2 is 1.77 bits per heavy atom. The lowest BCUT2D eigenvalue weighted by molar-refractivity contribution is -0.143. The number of nitrogens with one attached hydrogen (secondary N) is 3. The Bertz CT molecular complexity index is 1850. The third-order valence-electron chi connectivity index (χ3n) is 9.81. The summed E-state index contributed by atoms with van der Waals surface area (Å²) >= 11 is 0. The molecule has 53 heavy (non-hydrogen) atoms. The van der Waals surface area contributed by atoms with Crippen LogP contribution < -0.4 is 24.8 Å². The maximum atomic E-state index is 14.5. The number of amides is 4. The molecule has 16 heteroatoms. The van der Waals surface area contributed by atoms with Gasteiger partial charge in [0.1, 0.15) is 35.1 Å². The number of nitrogens with zero attached hydrogens (tertiary/aromatic N) is 2. The number of rotatable bonds is 13. The van der Waals surface area contributed by atoms with Crippen molar-refractivity contribution in [3.8, 4) is 11.6 Å². The van der Waals surface area contributed by atoms with Crippen LogP contribution >= 0.6 is 0 Å². The fourth-order valence-electron chi connectivity index (χ4n) is 6.69. The predicted molar refractivity (Wildman–Crippen MR) is 195 cm³/mol. The van der Waals surface area contributed by atoms with Gasteiger partial charge >= 0.3 is 16.4 Å². The van der Waals surface area contributed by atoms with Crippen LogP contribution in [-0.4, -0.2) is 90.7 Å². The lowest BCUT2D eigenvalue weighted by atomic mass is 9.85. The molecule has 292 valence electrons. The standard InChI is InChI=1S/C37H53N5O10S/c1-10-11-23-20-37(23,32(45)41-53(47,48)52-36(8)15-16-36)40-29(43)27-19-25(50-30-26-13-12-24(49-9)18-22(26)14-17-38-30)21-42(27)31(44)28(34(2,3)4)39-33(46)51-35(5,6)7/h12-14,17-18,23,25,27-28H,10-11,15-16,19-21H2,1-9H3,(H,39,46)(H,40,43)(H,41,45)/t23-,25-,27?,28-,37-/m1/s1. The summed E-state index contributed by atoms with van der Waals surface area (Å²) in [7, 11) is -2.89. The minimum Gasteiger partial charge on any atom is -0.497 e. The number of pyridine rings is 1. The summed E-state index contributed by atoms with van der Waals surface area (Å²) in [4.78, 5) is 61.3. The van der Waals surface area contributed by atoms with Gasteiger partial charge in [0.15, 0.2) is 0 Å². The molecule has 1 aromatic carbocycles. The van der Waals surface area contributed by atoms with Crippen molar-refractivity contribution >= 4 is 44.9 Å². The predicted octanol–water partition coefficient (Wildman–Crippen LogP) is 4.14. The van der Waals surface area contributed by atoms with Gasteiger partial charge in [-0.3, -0.25) is 14.4 Å². The maximum absolute atomic E-state index is 14.5. The van der Waals surface area contributed by atoms with Gasteiger partial charge in [-0.05, 0) is 94.4 Å². The van der Waals surface area contributed by atoms with Gasteiger partial charge in [-0.25, -0.2) is 18.7 Å². The third-order valence-corrected chi connectivity index (χ3v) is 10.9. The molecule has 3 aliphatic rings. The summed E-state index contributed by atoms with van der Waals surface area (Å²) in [6.07, 6.45) is 2.61. The Kier molecular flexibility index (Phi) is 11.0. The Morgan fingerprint density at radius 1 is 1.08 bits per heavy atom. The molecule has 0 spiro atoms. The Hall–Kier alpha value is -4.18. The first-order valence-corrected chi connectivity index (χ1v) is 19.5. The molecule has 0 bridgehead atoms. The summed E-state index contributed by atoms with van der Waals surface area (Å²) in [6.45, 7) is 14.0. The van der Waals surface area contributed by atoms with Gasteiger partial charge in [0.25, 0.3) is 5.91 Å². The molecular weight excluding hydrogens is 706 g/mol. The highest BCUT2D eigenvalue weighted by molar-refractivity contribution is 7.85. The number of benzene rings is 1. The molecule has 1 unspecified atom stereocenters. The van der Waals surface area contributed by atoms with Gasteiger partial charge in [-0.15, -0.1) is 0 Å². The molecule has 5 rings (SSSR count). The monoisotopic (exact) mass is 759 g/mol. The molecule has 2 aromatic rings. The number of methoxy groups -OCH3 is 1. The minimum atomic E-state index is -4.46. The van der Waals surface area contributed by atoms with Crippen molar-refractivity contribution < 1.29 is 46.0 Å². The van der Waals surface area contributed by atoms with E-state index in [1.54, 1.807) is 67.8 Å². The van der Waals surface area contributed by atoms with E-state index in [4.69, 9.17) is 18.4 Å². The molecule has 4 amide bonds. The molecule has 2 aliphatic carbocycles. The van der Waals surface area contributed by atoms with Gasteiger partial charge in [0, 0.05) is 18.0 Å². The number of hydrogen-bond acceptors (Lipinski definition) is 11. The number of carbonyl (C=O) groups is 4.